The summed E-state index contributed by atoms with van der Waals surface area (Å²) in [7, 11) is -3.84. The van der Waals surface area contributed by atoms with Crippen LogP contribution >= 0.6 is 11.3 Å². The quantitative estimate of drug-likeness (QED) is 0.301. The van der Waals surface area contributed by atoms with Crippen molar-refractivity contribution in [1.82, 2.24) is 9.29 Å². The summed E-state index contributed by atoms with van der Waals surface area (Å²) in [5.41, 5.74) is 2.63. The number of Topliss-reactive ketones (excluding diaryl/α,β-unsaturated/α-hetero) is 1. The molecule has 0 saturated carbocycles. The van der Waals surface area contributed by atoms with Gasteiger partial charge in [-0.05, 0) is 55.2 Å². The summed E-state index contributed by atoms with van der Waals surface area (Å²) in [6.45, 7) is 6.28. The van der Waals surface area contributed by atoms with Gasteiger partial charge in [-0.1, -0.05) is 25.1 Å². The first-order valence-electron chi connectivity index (χ1n) is 11.6. The molecule has 0 bridgehead atoms. The number of thiophene rings is 1. The van der Waals surface area contributed by atoms with E-state index in [-0.39, 0.29) is 42.4 Å². The molecule has 1 aliphatic rings. The maximum absolute atomic E-state index is 13.6. The molecule has 190 valence electrons. The van der Waals surface area contributed by atoms with E-state index < -0.39 is 10.0 Å². The molecule has 10 heteroatoms. The highest BCUT2D eigenvalue weighted by molar-refractivity contribution is 7.89. The third-order valence-corrected chi connectivity index (χ3v) is 9.41. The maximum Gasteiger partial charge on any atom is 0.293 e. The summed E-state index contributed by atoms with van der Waals surface area (Å²) in [5, 5.41) is 0. The molecule has 0 spiro atoms. The van der Waals surface area contributed by atoms with Crippen LogP contribution in [-0.4, -0.2) is 49.2 Å². The van der Waals surface area contributed by atoms with Crippen molar-refractivity contribution in [3.05, 3.63) is 75.2 Å². The van der Waals surface area contributed by atoms with Gasteiger partial charge in [0.05, 0.1) is 23.5 Å². The predicted octanol–water partition coefficient (Wildman–Crippen LogP) is 4.32. The van der Waals surface area contributed by atoms with Gasteiger partial charge < -0.3 is 9.47 Å². The van der Waals surface area contributed by atoms with Gasteiger partial charge in [0.1, 0.15) is 23.4 Å². The highest BCUT2D eigenvalue weighted by Crippen LogP contribution is 2.35. The van der Waals surface area contributed by atoms with Crippen LogP contribution in [0.5, 0.6) is 5.75 Å². The molecule has 2 atom stereocenters. The lowest BCUT2D eigenvalue weighted by Crippen LogP contribution is -2.36. The molecule has 0 aliphatic carbocycles. The average Bonchev–Trinajstić information content (AvgIpc) is 3.32. The van der Waals surface area contributed by atoms with Crippen LogP contribution in [0.25, 0.3) is 0 Å². The molecular weight excluding hydrogens is 500 g/mol. The monoisotopic (exact) mass is 528 g/mol. The molecule has 0 saturated heterocycles. The SMILES string of the molecule is CC[C@@H]1CN(Cc2cc(C(COC=O)c3ccc(C(C)=O)s3)ccc2C)S(=O)(=O)c2cnccc2O1. The fourth-order valence-corrected chi connectivity index (χ4v) is 6.71. The van der Waals surface area contributed by atoms with Crippen molar-refractivity contribution >= 4 is 33.6 Å². The van der Waals surface area contributed by atoms with Gasteiger partial charge in [0, 0.05) is 17.6 Å². The number of carbonyl (C=O) groups excluding carboxylic acids is 2. The summed E-state index contributed by atoms with van der Waals surface area (Å²) >= 11 is 1.36. The Morgan fingerprint density at radius 1 is 1.31 bits per heavy atom. The van der Waals surface area contributed by atoms with Crippen molar-refractivity contribution < 1.29 is 27.5 Å². The Labute approximate surface area is 214 Å². The minimum atomic E-state index is -3.84. The summed E-state index contributed by atoms with van der Waals surface area (Å²) < 4.78 is 39.7. The lowest BCUT2D eigenvalue weighted by Gasteiger charge is -2.24. The average molecular weight is 529 g/mol. The number of pyridine rings is 1. The van der Waals surface area contributed by atoms with Crippen LogP contribution in [0.4, 0.5) is 0 Å². The fraction of sp³-hybridized carbons (Fsp3) is 0.346. The lowest BCUT2D eigenvalue weighted by molar-refractivity contribution is -0.128. The maximum atomic E-state index is 13.6. The Kier molecular flexibility index (Phi) is 7.87. The van der Waals surface area contributed by atoms with Crippen LogP contribution in [0.1, 0.15) is 57.4 Å². The molecule has 2 aromatic heterocycles. The van der Waals surface area contributed by atoms with Gasteiger partial charge in [-0.25, -0.2) is 8.42 Å². The number of benzene rings is 1. The second-order valence-electron chi connectivity index (χ2n) is 8.69. The number of nitrogens with zero attached hydrogens (tertiary/aromatic N) is 2. The van der Waals surface area contributed by atoms with E-state index in [2.05, 4.69) is 4.98 Å². The van der Waals surface area contributed by atoms with E-state index in [9.17, 15) is 18.0 Å². The van der Waals surface area contributed by atoms with Crippen LogP contribution in [-0.2, 0) is 26.1 Å². The van der Waals surface area contributed by atoms with E-state index in [1.807, 2.05) is 38.1 Å². The van der Waals surface area contributed by atoms with Gasteiger partial charge >= 0.3 is 0 Å². The number of ether oxygens (including phenoxy) is 2. The standard InChI is InChI=1S/C26H28N2O6S2/c1-4-21-14-28(36(31,32)26-12-27-10-9-23(26)34-21)13-20-11-19(6-5-17(20)2)22(15-33-16-29)25-8-7-24(35-25)18(3)30/h5-12,16,21-22H,4,13-15H2,1-3H3/t21-,22?/m1/s1. The van der Waals surface area contributed by atoms with Gasteiger partial charge in [-0.3, -0.25) is 14.6 Å². The number of aromatic nitrogens is 1. The molecule has 0 fully saturated rings. The number of rotatable bonds is 9. The van der Waals surface area contributed by atoms with Crippen LogP contribution in [0.15, 0.2) is 53.7 Å². The third kappa shape index (κ3) is 5.35. The second kappa shape index (κ2) is 10.9. The number of carbonyl (C=O) groups is 2. The minimum absolute atomic E-state index is 0.0280. The summed E-state index contributed by atoms with van der Waals surface area (Å²) in [5.74, 6) is -0.000325. The van der Waals surface area contributed by atoms with Gasteiger partial charge in [0.15, 0.2) is 5.78 Å². The van der Waals surface area contributed by atoms with Crippen LogP contribution in [0, 0.1) is 6.92 Å². The third-order valence-electron chi connectivity index (χ3n) is 6.29. The number of ketones is 1. The van der Waals surface area contributed by atoms with Crippen LogP contribution in [0.2, 0.25) is 0 Å². The van der Waals surface area contributed by atoms with E-state index in [1.165, 1.54) is 35.0 Å². The molecule has 0 radical (unpaired) electrons. The lowest BCUT2D eigenvalue weighted by atomic mass is 9.94. The van der Waals surface area contributed by atoms with E-state index in [0.717, 1.165) is 21.6 Å². The van der Waals surface area contributed by atoms with Crippen LogP contribution in [0.3, 0.4) is 0 Å². The molecule has 1 aliphatic heterocycles. The molecule has 8 nitrogen and oxygen atoms in total. The van der Waals surface area contributed by atoms with Crippen molar-refractivity contribution in [2.24, 2.45) is 0 Å². The zero-order valence-electron chi connectivity index (χ0n) is 20.3. The minimum Gasteiger partial charge on any atom is -0.488 e. The molecule has 4 rings (SSSR count). The molecule has 0 amide bonds. The molecule has 1 aromatic carbocycles. The normalized spacial score (nSPS) is 17.9. The highest BCUT2D eigenvalue weighted by Gasteiger charge is 2.35. The zero-order valence-corrected chi connectivity index (χ0v) is 22.0. The summed E-state index contributed by atoms with van der Waals surface area (Å²) in [6, 6.07) is 11.1. The van der Waals surface area contributed by atoms with Gasteiger partial charge in [0.2, 0.25) is 10.0 Å². The van der Waals surface area contributed by atoms with Crippen molar-refractivity contribution in [3.8, 4) is 5.75 Å². The van der Waals surface area contributed by atoms with Crippen molar-refractivity contribution in [1.29, 1.82) is 0 Å². The van der Waals surface area contributed by atoms with Crippen LogP contribution < -0.4 is 4.74 Å². The van der Waals surface area contributed by atoms with E-state index in [4.69, 9.17) is 9.47 Å². The van der Waals surface area contributed by atoms with E-state index >= 15 is 0 Å². The first-order valence-corrected chi connectivity index (χ1v) is 13.9. The first-order chi connectivity index (χ1) is 17.2. The number of sulfonamides is 1. The summed E-state index contributed by atoms with van der Waals surface area (Å²) in [4.78, 5) is 28.4. The first kappa shape index (κ1) is 26.0. The largest absolute Gasteiger partial charge is 0.488 e. The smallest absolute Gasteiger partial charge is 0.293 e. The second-order valence-corrected chi connectivity index (χ2v) is 11.7. The Morgan fingerprint density at radius 2 is 2.11 bits per heavy atom. The Morgan fingerprint density at radius 3 is 2.81 bits per heavy atom. The zero-order chi connectivity index (χ0) is 25.9. The molecule has 3 heterocycles. The number of aryl methyl sites for hydroxylation is 1. The van der Waals surface area contributed by atoms with Crippen molar-refractivity contribution in [2.45, 2.75) is 50.7 Å². The van der Waals surface area contributed by atoms with Gasteiger partial charge in [-0.15, -0.1) is 11.3 Å². The Balaban J connectivity index is 1.71. The predicted molar refractivity (Wildman–Crippen MR) is 136 cm³/mol. The Bertz CT molecular complexity index is 1370. The molecular formula is C26H28N2O6S2. The summed E-state index contributed by atoms with van der Waals surface area (Å²) in [6.07, 6.45) is 3.20. The molecule has 1 unspecified atom stereocenters. The van der Waals surface area contributed by atoms with Crippen molar-refractivity contribution in [3.63, 3.8) is 0 Å². The van der Waals surface area contributed by atoms with Gasteiger partial charge in [-0.2, -0.15) is 4.31 Å². The number of hydrogen-bond acceptors (Lipinski definition) is 8. The van der Waals surface area contributed by atoms with E-state index in [0.29, 0.717) is 23.5 Å². The molecule has 0 N–H and O–H groups in total. The molecule has 3 aromatic rings. The number of hydrogen-bond donors (Lipinski definition) is 0. The highest BCUT2D eigenvalue weighted by atomic mass is 32.2. The fourth-order valence-electron chi connectivity index (χ4n) is 4.18. The number of fused-ring (bicyclic) bond motifs is 1. The van der Waals surface area contributed by atoms with Gasteiger partial charge in [0.25, 0.3) is 6.47 Å². The van der Waals surface area contributed by atoms with E-state index in [1.54, 1.807) is 12.1 Å². The topological polar surface area (TPSA) is 103 Å². The molecule has 36 heavy (non-hydrogen) atoms. The van der Waals surface area contributed by atoms with Crippen molar-refractivity contribution in [2.75, 3.05) is 13.2 Å². The Hall–Kier alpha value is -3.08.